The minimum atomic E-state index is 0.581. The van der Waals surface area contributed by atoms with Crippen LogP contribution in [0.2, 0.25) is 0 Å². The molecule has 0 radical (unpaired) electrons. The van der Waals surface area contributed by atoms with Crippen molar-refractivity contribution in [3.8, 4) is 17.2 Å². The molecule has 0 saturated heterocycles. The number of ether oxygens (including phenoxy) is 3. The van der Waals surface area contributed by atoms with Crippen LogP contribution in [-0.2, 0) is 19.5 Å². The average Bonchev–Trinajstić information content (AvgIpc) is 2.79. The predicted molar refractivity (Wildman–Crippen MR) is 127 cm³/mol. The molecule has 3 rings (SSSR count). The summed E-state index contributed by atoms with van der Waals surface area (Å²) in [7, 11) is 4.85. The Bertz CT molecular complexity index is 990. The lowest BCUT2D eigenvalue weighted by molar-refractivity contribution is 0.323. The van der Waals surface area contributed by atoms with Gasteiger partial charge >= 0.3 is 0 Å². The number of hydrogen-bond donors (Lipinski definition) is 1. The first kappa shape index (κ1) is 22.1. The van der Waals surface area contributed by atoms with E-state index in [0.717, 1.165) is 23.4 Å². The maximum Gasteiger partial charge on any atom is 0.203 e. The fourth-order valence-electron chi connectivity index (χ4n) is 3.62. The van der Waals surface area contributed by atoms with Gasteiger partial charge in [0.15, 0.2) is 11.5 Å². The minimum absolute atomic E-state index is 0.581. The molecule has 0 aliphatic rings. The van der Waals surface area contributed by atoms with Gasteiger partial charge < -0.3 is 24.8 Å². The SMILES string of the molecule is C=CCc1ccc(CN(Cc2cc(OC)c(OC)c(OC)c2)c2ccccc2N)cc1. The van der Waals surface area contributed by atoms with Crippen molar-refractivity contribution >= 4 is 11.4 Å². The van der Waals surface area contributed by atoms with E-state index < -0.39 is 0 Å². The van der Waals surface area contributed by atoms with Gasteiger partial charge in [0, 0.05) is 13.1 Å². The lowest BCUT2D eigenvalue weighted by Crippen LogP contribution is -2.23. The first-order valence-corrected chi connectivity index (χ1v) is 10.2. The molecule has 31 heavy (non-hydrogen) atoms. The summed E-state index contributed by atoms with van der Waals surface area (Å²) in [5.74, 6) is 1.84. The fraction of sp³-hybridized carbons (Fsp3) is 0.231. The van der Waals surface area contributed by atoms with Gasteiger partial charge in [-0.3, -0.25) is 0 Å². The van der Waals surface area contributed by atoms with Gasteiger partial charge in [0.1, 0.15) is 0 Å². The van der Waals surface area contributed by atoms with Gasteiger partial charge in [-0.05, 0) is 47.4 Å². The van der Waals surface area contributed by atoms with Crippen LogP contribution in [0.15, 0.2) is 73.3 Å². The number of allylic oxidation sites excluding steroid dienone is 1. The molecular weight excluding hydrogens is 388 g/mol. The maximum atomic E-state index is 6.33. The van der Waals surface area contributed by atoms with Crippen LogP contribution in [0.1, 0.15) is 16.7 Å². The van der Waals surface area contributed by atoms with E-state index in [9.17, 15) is 0 Å². The molecule has 0 unspecified atom stereocenters. The Morgan fingerprint density at radius 1 is 0.806 bits per heavy atom. The molecule has 5 heteroatoms. The van der Waals surface area contributed by atoms with Crippen LogP contribution >= 0.6 is 0 Å². The molecule has 162 valence electrons. The average molecular weight is 419 g/mol. The molecule has 0 aliphatic heterocycles. The van der Waals surface area contributed by atoms with Crippen molar-refractivity contribution in [1.29, 1.82) is 0 Å². The van der Waals surface area contributed by atoms with E-state index in [1.54, 1.807) is 21.3 Å². The quantitative estimate of drug-likeness (QED) is 0.361. The molecule has 0 amide bonds. The smallest absolute Gasteiger partial charge is 0.203 e. The number of benzene rings is 3. The van der Waals surface area contributed by atoms with Crippen LogP contribution in [0.4, 0.5) is 11.4 Å². The molecule has 3 aromatic carbocycles. The Morgan fingerprint density at radius 2 is 1.39 bits per heavy atom. The van der Waals surface area contributed by atoms with Crippen LogP contribution in [0, 0.1) is 0 Å². The third-order valence-corrected chi connectivity index (χ3v) is 5.15. The number of nitrogens with zero attached hydrogens (tertiary/aromatic N) is 1. The number of anilines is 2. The summed E-state index contributed by atoms with van der Waals surface area (Å²) in [6.07, 6.45) is 2.78. The highest BCUT2D eigenvalue weighted by Crippen LogP contribution is 2.39. The second-order valence-electron chi connectivity index (χ2n) is 7.26. The largest absolute Gasteiger partial charge is 0.493 e. The first-order valence-electron chi connectivity index (χ1n) is 10.2. The molecule has 3 aromatic rings. The molecule has 2 N–H and O–H groups in total. The summed E-state index contributed by atoms with van der Waals surface area (Å²) in [6, 6.07) is 20.4. The predicted octanol–water partition coefficient (Wildman–Crippen LogP) is 5.23. The zero-order valence-corrected chi connectivity index (χ0v) is 18.4. The van der Waals surface area contributed by atoms with Crippen LogP contribution in [-0.4, -0.2) is 21.3 Å². The van der Waals surface area contributed by atoms with Crippen molar-refractivity contribution in [2.75, 3.05) is 32.0 Å². The first-order chi connectivity index (χ1) is 15.1. The van der Waals surface area contributed by atoms with Gasteiger partial charge in [-0.1, -0.05) is 42.5 Å². The van der Waals surface area contributed by atoms with Gasteiger partial charge in [-0.15, -0.1) is 6.58 Å². The van der Waals surface area contributed by atoms with Gasteiger partial charge in [-0.2, -0.15) is 0 Å². The van der Waals surface area contributed by atoms with Crippen molar-refractivity contribution in [3.05, 3.63) is 90.0 Å². The monoisotopic (exact) mass is 418 g/mol. The topological polar surface area (TPSA) is 57.0 Å². The van der Waals surface area contributed by atoms with Crippen LogP contribution < -0.4 is 24.8 Å². The number of methoxy groups -OCH3 is 3. The van der Waals surface area contributed by atoms with E-state index in [-0.39, 0.29) is 0 Å². The number of nitrogens with two attached hydrogens (primary N) is 1. The fourth-order valence-corrected chi connectivity index (χ4v) is 3.62. The molecule has 5 nitrogen and oxygen atoms in total. The highest BCUT2D eigenvalue weighted by atomic mass is 16.5. The lowest BCUT2D eigenvalue weighted by atomic mass is 10.1. The summed E-state index contributed by atoms with van der Waals surface area (Å²) in [5, 5.41) is 0. The van der Waals surface area contributed by atoms with E-state index in [0.29, 0.717) is 30.3 Å². The summed E-state index contributed by atoms with van der Waals surface area (Å²) >= 11 is 0. The highest BCUT2D eigenvalue weighted by Gasteiger charge is 2.17. The molecule has 0 aliphatic carbocycles. The summed E-state index contributed by atoms with van der Waals surface area (Å²) in [5.41, 5.74) is 11.5. The number of nitrogen functional groups attached to an aromatic ring is 1. The lowest BCUT2D eigenvalue weighted by Gasteiger charge is -2.27. The van der Waals surface area contributed by atoms with Crippen molar-refractivity contribution in [2.24, 2.45) is 0 Å². The van der Waals surface area contributed by atoms with Crippen LogP contribution in [0.5, 0.6) is 17.2 Å². The second-order valence-corrected chi connectivity index (χ2v) is 7.26. The van der Waals surface area contributed by atoms with Crippen LogP contribution in [0.25, 0.3) is 0 Å². The zero-order valence-electron chi connectivity index (χ0n) is 18.4. The molecule has 0 aromatic heterocycles. The third kappa shape index (κ3) is 5.31. The summed E-state index contributed by atoms with van der Waals surface area (Å²) < 4.78 is 16.5. The molecule has 0 saturated carbocycles. The number of rotatable bonds is 10. The van der Waals surface area contributed by atoms with Crippen LogP contribution in [0.3, 0.4) is 0 Å². The van der Waals surface area contributed by atoms with Crippen molar-refractivity contribution in [2.45, 2.75) is 19.5 Å². The second kappa shape index (κ2) is 10.4. The van der Waals surface area contributed by atoms with E-state index in [2.05, 4.69) is 35.7 Å². The standard InChI is InChI=1S/C26H30N2O3/c1-5-8-19-11-13-20(14-12-19)17-28(23-10-7-6-9-22(23)27)18-21-15-24(29-2)26(31-4)25(16-21)30-3/h5-7,9-16H,1,8,17-18,27H2,2-4H3. The third-order valence-electron chi connectivity index (χ3n) is 5.15. The molecule has 0 atom stereocenters. The minimum Gasteiger partial charge on any atom is -0.493 e. The summed E-state index contributed by atoms with van der Waals surface area (Å²) in [4.78, 5) is 2.25. The molecule has 0 heterocycles. The van der Waals surface area contributed by atoms with Gasteiger partial charge in [0.05, 0.1) is 32.7 Å². The Kier molecular flexibility index (Phi) is 7.44. The molecule has 0 bridgehead atoms. The van der Waals surface area contributed by atoms with E-state index >= 15 is 0 Å². The highest BCUT2D eigenvalue weighted by molar-refractivity contribution is 5.67. The zero-order chi connectivity index (χ0) is 22.2. The number of hydrogen-bond acceptors (Lipinski definition) is 5. The Hall–Kier alpha value is -3.60. The van der Waals surface area contributed by atoms with E-state index in [4.69, 9.17) is 19.9 Å². The molecule has 0 spiro atoms. The Morgan fingerprint density at radius 3 is 1.94 bits per heavy atom. The van der Waals surface area contributed by atoms with Gasteiger partial charge in [0.2, 0.25) is 5.75 Å². The van der Waals surface area contributed by atoms with Crippen molar-refractivity contribution in [3.63, 3.8) is 0 Å². The summed E-state index contributed by atoms with van der Waals surface area (Å²) in [6.45, 7) is 5.14. The molecular formula is C26H30N2O3. The molecule has 0 fully saturated rings. The van der Waals surface area contributed by atoms with Gasteiger partial charge in [-0.25, -0.2) is 0 Å². The van der Waals surface area contributed by atoms with Crippen molar-refractivity contribution < 1.29 is 14.2 Å². The Balaban J connectivity index is 1.96. The number of para-hydroxylation sites is 2. The Labute approximate surface area is 184 Å². The maximum absolute atomic E-state index is 6.33. The van der Waals surface area contributed by atoms with Gasteiger partial charge in [0.25, 0.3) is 0 Å². The normalized spacial score (nSPS) is 10.4. The van der Waals surface area contributed by atoms with E-state index in [1.165, 1.54) is 11.1 Å². The van der Waals surface area contributed by atoms with Crippen molar-refractivity contribution in [1.82, 2.24) is 0 Å². The van der Waals surface area contributed by atoms with E-state index in [1.807, 2.05) is 42.5 Å².